The van der Waals surface area contributed by atoms with Crippen LogP contribution in [0.1, 0.15) is 12.5 Å². The molecule has 0 saturated carbocycles. The van der Waals surface area contributed by atoms with E-state index in [-0.39, 0.29) is 19.1 Å². The lowest BCUT2D eigenvalue weighted by Crippen LogP contribution is -2.38. The second-order valence-electron chi connectivity index (χ2n) is 5.94. The molecule has 2 aromatic carbocycles. The largest absolute Gasteiger partial charge is 0.447 e. The Kier molecular flexibility index (Phi) is 5.59. The van der Waals surface area contributed by atoms with E-state index in [0.29, 0.717) is 5.71 Å². The van der Waals surface area contributed by atoms with Gasteiger partial charge in [-0.3, -0.25) is 9.79 Å². The molecule has 1 saturated heterocycles. The van der Waals surface area contributed by atoms with Crippen molar-refractivity contribution in [3.8, 4) is 0 Å². The van der Waals surface area contributed by atoms with Gasteiger partial charge in [-0.05, 0) is 30.7 Å². The van der Waals surface area contributed by atoms with Crippen molar-refractivity contribution in [2.24, 2.45) is 10.9 Å². The molecule has 2 amide bonds. The zero-order chi connectivity index (χ0) is 18.4. The number of carbonyl (C=O) groups excluding carboxylic acids is 2. The highest BCUT2D eigenvalue weighted by Gasteiger charge is 2.33. The van der Waals surface area contributed by atoms with Crippen molar-refractivity contribution in [1.29, 1.82) is 0 Å². The monoisotopic (exact) mass is 348 g/mol. The predicted molar refractivity (Wildman–Crippen MR) is 101 cm³/mol. The maximum Gasteiger partial charge on any atom is 0.416 e. The fourth-order valence-electron chi connectivity index (χ4n) is 2.63. The summed E-state index contributed by atoms with van der Waals surface area (Å²) in [7, 11) is 0. The van der Waals surface area contributed by atoms with Gasteiger partial charge in [0.25, 0.3) is 0 Å². The predicted octanol–water partition coefficient (Wildman–Crippen LogP) is 4.09. The topological polar surface area (TPSA) is 59.0 Å². The zero-order valence-corrected chi connectivity index (χ0v) is 14.5. The molecule has 1 aliphatic rings. The fraction of sp³-hybridized carbons (Fsp3) is 0.190. The third kappa shape index (κ3) is 4.25. The van der Waals surface area contributed by atoms with Gasteiger partial charge in [-0.1, -0.05) is 54.6 Å². The summed E-state index contributed by atoms with van der Waals surface area (Å²) < 4.78 is 4.87. The Morgan fingerprint density at radius 1 is 1.12 bits per heavy atom. The van der Waals surface area contributed by atoms with Gasteiger partial charge in [0.15, 0.2) is 0 Å². The number of hydrogen-bond acceptors (Lipinski definition) is 4. The van der Waals surface area contributed by atoms with Crippen molar-refractivity contribution in [2.75, 3.05) is 13.2 Å². The second kappa shape index (κ2) is 8.25. The van der Waals surface area contributed by atoms with Crippen LogP contribution < -0.4 is 0 Å². The number of amides is 2. The first-order chi connectivity index (χ1) is 12.6. The first-order valence-corrected chi connectivity index (χ1v) is 8.50. The van der Waals surface area contributed by atoms with Gasteiger partial charge < -0.3 is 4.74 Å². The molecule has 0 aliphatic carbocycles. The Morgan fingerprint density at radius 2 is 1.77 bits per heavy atom. The lowest BCUT2D eigenvalue weighted by molar-refractivity contribution is -0.129. The summed E-state index contributed by atoms with van der Waals surface area (Å²) in [5.74, 6) is -0.874. The number of para-hydroxylation sites is 1. The van der Waals surface area contributed by atoms with Crippen molar-refractivity contribution < 1.29 is 14.3 Å². The van der Waals surface area contributed by atoms with E-state index in [1.165, 1.54) is 0 Å². The van der Waals surface area contributed by atoms with Gasteiger partial charge in [0, 0.05) is 0 Å². The standard InChI is InChI=1S/C21H20N2O3/c1-16(20(24)23-14-15-26-21(23)25)19(22-18-10-6-3-7-11-18)13-12-17-8-4-2-5-9-17/h2-13,16H,14-15H2,1H3/b13-12+,22-19?/t16-/m1/s1. The minimum Gasteiger partial charge on any atom is -0.447 e. The molecule has 5 nitrogen and oxygen atoms in total. The molecule has 0 spiro atoms. The van der Waals surface area contributed by atoms with Crippen LogP contribution in [0.3, 0.4) is 0 Å². The summed E-state index contributed by atoms with van der Waals surface area (Å²) in [6.45, 7) is 2.27. The normalized spacial score (nSPS) is 16.0. The average molecular weight is 348 g/mol. The van der Waals surface area contributed by atoms with Gasteiger partial charge in [0.05, 0.1) is 23.9 Å². The molecule has 1 fully saturated rings. The van der Waals surface area contributed by atoms with E-state index in [2.05, 4.69) is 4.99 Å². The van der Waals surface area contributed by atoms with Crippen LogP contribution in [0.25, 0.3) is 6.08 Å². The molecule has 0 unspecified atom stereocenters. The fourth-order valence-corrected chi connectivity index (χ4v) is 2.63. The Balaban J connectivity index is 1.89. The lowest BCUT2D eigenvalue weighted by Gasteiger charge is -2.17. The number of ether oxygens (including phenoxy) is 1. The molecule has 132 valence electrons. The van der Waals surface area contributed by atoms with Crippen molar-refractivity contribution in [1.82, 2.24) is 4.90 Å². The summed E-state index contributed by atoms with van der Waals surface area (Å²) in [5.41, 5.74) is 2.35. The minimum atomic E-state index is -0.590. The molecule has 26 heavy (non-hydrogen) atoms. The molecule has 1 heterocycles. The van der Waals surface area contributed by atoms with Gasteiger partial charge in [-0.2, -0.15) is 0 Å². The second-order valence-corrected chi connectivity index (χ2v) is 5.94. The number of allylic oxidation sites excluding steroid dienone is 1. The summed E-state index contributed by atoms with van der Waals surface area (Å²) in [6, 6.07) is 19.2. The number of nitrogens with zero attached hydrogens (tertiary/aromatic N) is 2. The third-order valence-electron chi connectivity index (χ3n) is 4.10. The van der Waals surface area contributed by atoms with E-state index in [1.807, 2.05) is 72.8 Å². The van der Waals surface area contributed by atoms with Gasteiger partial charge >= 0.3 is 6.09 Å². The lowest BCUT2D eigenvalue weighted by atomic mass is 10.0. The quantitative estimate of drug-likeness (QED) is 0.765. The summed E-state index contributed by atoms with van der Waals surface area (Å²) in [5, 5.41) is 0. The van der Waals surface area contributed by atoms with Crippen molar-refractivity contribution in [3.63, 3.8) is 0 Å². The highest BCUT2D eigenvalue weighted by atomic mass is 16.6. The first-order valence-electron chi connectivity index (χ1n) is 8.50. The number of benzene rings is 2. The van der Waals surface area contributed by atoms with Crippen LogP contribution in [0.15, 0.2) is 71.7 Å². The van der Waals surface area contributed by atoms with Crippen LogP contribution >= 0.6 is 0 Å². The number of carbonyl (C=O) groups is 2. The van der Waals surface area contributed by atoms with Crippen LogP contribution in [-0.2, 0) is 9.53 Å². The van der Waals surface area contributed by atoms with Crippen molar-refractivity contribution >= 4 is 29.5 Å². The smallest absolute Gasteiger partial charge is 0.416 e. The molecule has 1 atom stereocenters. The average Bonchev–Trinajstić information content (AvgIpc) is 3.11. The maximum atomic E-state index is 12.7. The molecule has 0 aromatic heterocycles. The molecule has 0 radical (unpaired) electrons. The number of hydrogen-bond donors (Lipinski definition) is 0. The molecule has 3 rings (SSSR count). The van der Waals surface area contributed by atoms with E-state index in [9.17, 15) is 9.59 Å². The molecular weight excluding hydrogens is 328 g/mol. The van der Waals surface area contributed by atoms with Gasteiger partial charge in [-0.25, -0.2) is 9.69 Å². The Hall–Kier alpha value is -3.21. The van der Waals surface area contributed by atoms with Crippen LogP contribution in [-0.4, -0.2) is 35.8 Å². The highest BCUT2D eigenvalue weighted by Crippen LogP contribution is 2.18. The Labute approximate surface area is 152 Å². The van der Waals surface area contributed by atoms with E-state index < -0.39 is 12.0 Å². The first kappa shape index (κ1) is 17.6. The molecule has 0 bridgehead atoms. The van der Waals surface area contributed by atoms with E-state index in [0.717, 1.165) is 16.2 Å². The van der Waals surface area contributed by atoms with E-state index in [1.54, 1.807) is 6.92 Å². The number of cyclic esters (lactones) is 1. The van der Waals surface area contributed by atoms with Crippen LogP contribution in [0.2, 0.25) is 0 Å². The van der Waals surface area contributed by atoms with Gasteiger partial charge in [0.1, 0.15) is 6.61 Å². The molecule has 2 aromatic rings. The molecule has 5 heteroatoms. The summed E-state index contributed by atoms with van der Waals surface area (Å²) in [4.78, 5) is 30.2. The van der Waals surface area contributed by atoms with Crippen LogP contribution in [0, 0.1) is 5.92 Å². The summed E-state index contributed by atoms with van der Waals surface area (Å²) >= 11 is 0. The highest BCUT2D eigenvalue weighted by molar-refractivity contribution is 6.14. The Morgan fingerprint density at radius 3 is 2.38 bits per heavy atom. The van der Waals surface area contributed by atoms with Crippen LogP contribution in [0.5, 0.6) is 0 Å². The minimum absolute atomic E-state index is 0.238. The summed E-state index contributed by atoms with van der Waals surface area (Å²) in [6.07, 6.45) is 3.15. The van der Waals surface area contributed by atoms with Crippen molar-refractivity contribution in [3.05, 3.63) is 72.3 Å². The number of rotatable bonds is 5. The maximum absolute atomic E-state index is 12.7. The van der Waals surface area contributed by atoms with E-state index in [4.69, 9.17) is 4.74 Å². The van der Waals surface area contributed by atoms with Gasteiger partial charge in [-0.15, -0.1) is 0 Å². The number of imide groups is 1. The number of aliphatic imine (C=N–C) groups is 1. The van der Waals surface area contributed by atoms with Crippen molar-refractivity contribution in [2.45, 2.75) is 6.92 Å². The Bertz CT molecular complexity index is 829. The van der Waals surface area contributed by atoms with E-state index >= 15 is 0 Å². The molecule has 1 aliphatic heterocycles. The third-order valence-corrected chi connectivity index (χ3v) is 4.10. The molecule has 0 N–H and O–H groups in total. The van der Waals surface area contributed by atoms with Crippen LogP contribution in [0.4, 0.5) is 10.5 Å². The molecular formula is C21H20N2O3. The SMILES string of the molecule is C[C@@H](C(=O)N1CCOC1=O)C(/C=C/c1ccccc1)=Nc1ccccc1. The van der Waals surface area contributed by atoms with Gasteiger partial charge in [0.2, 0.25) is 5.91 Å². The zero-order valence-electron chi connectivity index (χ0n) is 14.5.